The third-order valence-corrected chi connectivity index (χ3v) is 5.07. The molecule has 1 aromatic carbocycles. The largest absolute Gasteiger partial charge is 0.458 e. The van der Waals surface area contributed by atoms with Crippen LogP contribution in [0.5, 0.6) is 0 Å². The highest BCUT2D eigenvalue weighted by Crippen LogP contribution is 2.46. The predicted octanol–water partition coefficient (Wildman–Crippen LogP) is 2.73. The van der Waals surface area contributed by atoms with Crippen molar-refractivity contribution >= 4 is 23.3 Å². The Morgan fingerprint density at radius 1 is 1.38 bits per heavy atom. The van der Waals surface area contributed by atoms with Gasteiger partial charge >= 0.3 is 5.97 Å². The van der Waals surface area contributed by atoms with Crippen molar-refractivity contribution in [1.82, 2.24) is 0 Å². The fraction of sp³-hybridized carbons (Fsp3) is 0.556. The van der Waals surface area contributed by atoms with Crippen molar-refractivity contribution in [2.24, 2.45) is 5.92 Å². The molecule has 3 rings (SSSR count). The molecule has 1 aromatic rings. The number of nitro benzene ring substituents is 1. The Morgan fingerprint density at radius 3 is 2.77 bits per heavy atom. The van der Waals surface area contributed by atoms with E-state index in [4.69, 9.17) is 9.47 Å². The van der Waals surface area contributed by atoms with E-state index in [0.29, 0.717) is 30.7 Å². The monoisotopic (exact) mass is 362 g/mol. The number of hydrogen-bond donors (Lipinski definition) is 1. The van der Waals surface area contributed by atoms with Crippen LogP contribution < -0.4 is 5.32 Å². The third kappa shape index (κ3) is 3.41. The maximum Gasteiger partial charge on any atom is 0.307 e. The minimum Gasteiger partial charge on any atom is -0.458 e. The molecular formula is C18H22N2O6. The van der Waals surface area contributed by atoms with Crippen LogP contribution in [0.25, 0.3) is 0 Å². The fourth-order valence-electron chi connectivity index (χ4n) is 3.85. The summed E-state index contributed by atoms with van der Waals surface area (Å²) in [4.78, 5) is 35.4. The number of aryl methyl sites for hydroxylation is 1. The molecule has 2 saturated heterocycles. The third-order valence-electron chi connectivity index (χ3n) is 5.07. The number of carbonyl (C=O) groups excluding carboxylic acids is 2. The molecule has 0 aromatic heterocycles. The van der Waals surface area contributed by atoms with E-state index in [9.17, 15) is 19.7 Å². The van der Waals surface area contributed by atoms with Crippen LogP contribution in [0.2, 0.25) is 0 Å². The molecule has 2 atom stereocenters. The zero-order valence-electron chi connectivity index (χ0n) is 15.0. The van der Waals surface area contributed by atoms with Crippen LogP contribution in [0.4, 0.5) is 11.4 Å². The van der Waals surface area contributed by atoms with E-state index in [1.807, 2.05) is 13.8 Å². The highest BCUT2D eigenvalue weighted by molar-refractivity contribution is 5.97. The van der Waals surface area contributed by atoms with E-state index in [-0.39, 0.29) is 18.0 Å². The second-order valence-corrected chi connectivity index (χ2v) is 7.58. The van der Waals surface area contributed by atoms with Crippen molar-refractivity contribution < 1.29 is 24.0 Å². The molecule has 8 heteroatoms. The second kappa shape index (κ2) is 6.35. The smallest absolute Gasteiger partial charge is 0.307 e. The van der Waals surface area contributed by atoms with Crippen molar-refractivity contribution in [2.45, 2.75) is 51.2 Å². The lowest BCUT2D eigenvalue weighted by molar-refractivity contribution is -0.384. The van der Waals surface area contributed by atoms with E-state index < -0.39 is 28.0 Å². The molecule has 2 fully saturated rings. The number of benzene rings is 1. The highest BCUT2D eigenvalue weighted by atomic mass is 16.6. The van der Waals surface area contributed by atoms with Crippen molar-refractivity contribution in [3.63, 3.8) is 0 Å². The summed E-state index contributed by atoms with van der Waals surface area (Å²) in [6.07, 6.45) is 0.877. The Hall–Kier alpha value is -2.48. The van der Waals surface area contributed by atoms with Crippen molar-refractivity contribution in [3.8, 4) is 0 Å². The molecular weight excluding hydrogens is 340 g/mol. The van der Waals surface area contributed by atoms with E-state index in [2.05, 4.69) is 5.32 Å². The first-order valence-corrected chi connectivity index (χ1v) is 8.54. The van der Waals surface area contributed by atoms with Gasteiger partial charge in [0.05, 0.1) is 35.2 Å². The van der Waals surface area contributed by atoms with Gasteiger partial charge in [-0.2, -0.15) is 0 Å². The SMILES string of the molecule is Cc1ccc([N+](=O)[O-])cc1NC(=O)[C@@H]1CC(=O)O[C@]12CCOC(C)(C)C2. The summed E-state index contributed by atoms with van der Waals surface area (Å²) >= 11 is 0. The number of non-ortho nitro benzene ring substituents is 1. The molecule has 26 heavy (non-hydrogen) atoms. The van der Waals surface area contributed by atoms with Crippen LogP contribution in [0.3, 0.4) is 0 Å². The Balaban J connectivity index is 1.86. The molecule has 1 N–H and O–H groups in total. The number of carbonyl (C=O) groups is 2. The quantitative estimate of drug-likeness (QED) is 0.503. The summed E-state index contributed by atoms with van der Waals surface area (Å²) in [5, 5.41) is 13.7. The van der Waals surface area contributed by atoms with Crippen LogP contribution in [0.15, 0.2) is 18.2 Å². The minimum atomic E-state index is -0.891. The van der Waals surface area contributed by atoms with Gasteiger partial charge in [-0.3, -0.25) is 19.7 Å². The number of amides is 1. The molecule has 2 aliphatic heterocycles. The highest BCUT2D eigenvalue weighted by Gasteiger charge is 2.56. The summed E-state index contributed by atoms with van der Waals surface area (Å²) in [6, 6.07) is 4.29. The topological polar surface area (TPSA) is 108 Å². The Kier molecular flexibility index (Phi) is 4.47. The first kappa shape index (κ1) is 18.3. The van der Waals surface area contributed by atoms with Gasteiger partial charge in [0.1, 0.15) is 5.60 Å². The summed E-state index contributed by atoms with van der Waals surface area (Å²) < 4.78 is 11.3. The zero-order valence-corrected chi connectivity index (χ0v) is 15.0. The van der Waals surface area contributed by atoms with E-state index in [1.165, 1.54) is 12.1 Å². The number of ether oxygens (including phenoxy) is 2. The lowest BCUT2D eigenvalue weighted by Gasteiger charge is -2.43. The number of nitrogens with one attached hydrogen (secondary N) is 1. The summed E-state index contributed by atoms with van der Waals surface area (Å²) in [5.41, 5.74) is -0.424. The van der Waals surface area contributed by atoms with Gasteiger partial charge < -0.3 is 14.8 Å². The number of nitro groups is 1. The van der Waals surface area contributed by atoms with Crippen molar-refractivity contribution in [2.75, 3.05) is 11.9 Å². The molecule has 0 radical (unpaired) electrons. The van der Waals surface area contributed by atoms with Crippen LogP contribution in [-0.4, -0.2) is 34.6 Å². The van der Waals surface area contributed by atoms with Crippen molar-refractivity contribution in [1.29, 1.82) is 0 Å². The zero-order chi connectivity index (χ0) is 19.1. The lowest BCUT2D eigenvalue weighted by Crippen LogP contribution is -2.52. The summed E-state index contributed by atoms with van der Waals surface area (Å²) in [6.45, 7) is 5.96. The molecule has 0 bridgehead atoms. The molecule has 2 aliphatic rings. The van der Waals surface area contributed by atoms with Gasteiger partial charge in [0.15, 0.2) is 0 Å². The summed E-state index contributed by atoms with van der Waals surface area (Å²) in [5.74, 6) is -1.42. The van der Waals surface area contributed by atoms with Gasteiger partial charge in [-0.1, -0.05) is 6.07 Å². The first-order valence-electron chi connectivity index (χ1n) is 8.54. The van der Waals surface area contributed by atoms with E-state index in [1.54, 1.807) is 13.0 Å². The maximum atomic E-state index is 12.9. The lowest BCUT2D eigenvalue weighted by atomic mass is 9.75. The summed E-state index contributed by atoms with van der Waals surface area (Å²) in [7, 11) is 0. The van der Waals surface area contributed by atoms with Gasteiger partial charge in [-0.15, -0.1) is 0 Å². The standard InChI is InChI=1S/C18H22N2O6/c1-11-4-5-12(20(23)24)8-14(11)19-16(22)13-9-15(21)26-18(13)6-7-25-17(2,3)10-18/h4-5,8,13H,6-7,9-10H2,1-3H3,(H,19,22)/t13-,18-/m0/s1. The number of rotatable bonds is 3. The van der Waals surface area contributed by atoms with Gasteiger partial charge in [-0.05, 0) is 26.3 Å². The maximum absolute atomic E-state index is 12.9. The first-order chi connectivity index (χ1) is 12.1. The van der Waals surface area contributed by atoms with E-state index in [0.717, 1.165) is 0 Å². The molecule has 0 aliphatic carbocycles. The average Bonchev–Trinajstić information content (AvgIpc) is 2.83. The average molecular weight is 362 g/mol. The molecule has 1 spiro atoms. The molecule has 1 amide bonds. The fourth-order valence-corrected chi connectivity index (χ4v) is 3.85. The number of esters is 1. The molecule has 140 valence electrons. The van der Waals surface area contributed by atoms with Gasteiger partial charge in [0.25, 0.3) is 5.69 Å². The van der Waals surface area contributed by atoms with Crippen LogP contribution >= 0.6 is 0 Å². The van der Waals surface area contributed by atoms with Crippen LogP contribution in [0.1, 0.15) is 38.7 Å². The van der Waals surface area contributed by atoms with Gasteiger partial charge in [0.2, 0.25) is 5.91 Å². The number of hydrogen-bond acceptors (Lipinski definition) is 6. The number of anilines is 1. The normalized spacial score (nSPS) is 27.2. The molecule has 8 nitrogen and oxygen atoms in total. The second-order valence-electron chi connectivity index (χ2n) is 7.58. The molecule has 0 saturated carbocycles. The van der Waals surface area contributed by atoms with E-state index >= 15 is 0 Å². The minimum absolute atomic E-state index is 0.00408. The molecule has 2 heterocycles. The Morgan fingerprint density at radius 2 is 2.12 bits per heavy atom. The Labute approximate surface area is 151 Å². The van der Waals surface area contributed by atoms with Crippen LogP contribution in [0, 0.1) is 23.0 Å². The Bertz CT molecular complexity index is 775. The molecule has 0 unspecified atom stereocenters. The predicted molar refractivity (Wildman–Crippen MR) is 92.7 cm³/mol. The number of nitrogens with zero attached hydrogens (tertiary/aromatic N) is 1. The van der Waals surface area contributed by atoms with Crippen LogP contribution in [-0.2, 0) is 19.1 Å². The van der Waals surface area contributed by atoms with Crippen molar-refractivity contribution in [3.05, 3.63) is 33.9 Å². The van der Waals surface area contributed by atoms with Gasteiger partial charge in [0, 0.05) is 25.0 Å². The van der Waals surface area contributed by atoms with Gasteiger partial charge in [-0.25, -0.2) is 0 Å².